The zero-order valence-corrected chi connectivity index (χ0v) is 9.10. The molecule has 1 saturated heterocycles. The number of carboxylic acid groups (broad SMARTS) is 1. The van der Waals surface area contributed by atoms with Crippen molar-refractivity contribution in [2.45, 2.75) is 13.0 Å². The summed E-state index contributed by atoms with van der Waals surface area (Å²) in [6, 6.07) is 10.3. The number of carbonyl (C=O) groups is 1. The van der Waals surface area contributed by atoms with Crippen molar-refractivity contribution in [2.75, 3.05) is 13.1 Å². The Hall–Kier alpha value is -1.35. The quantitative estimate of drug-likeness (QED) is 0.836. The second-order valence-corrected chi connectivity index (χ2v) is 5.09. The molecule has 1 saturated carbocycles. The van der Waals surface area contributed by atoms with E-state index in [-0.39, 0.29) is 11.3 Å². The van der Waals surface area contributed by atoms with Crippen molar-refractivity contribution < 1.29 is 9.90 Å². The summed E-state index contributed by atoms with van der Waals surface area (Å²) in [6.45, 7) is 2.87. The van der Waals surface area contributed by atoms with Gasteiger partial charge in [0.25, 0.3) is 0 Å². The van der Waals surface area contributed by atoms with Gasteiger partial charge in [0, 0.05) is 25.0 Å². The average Bonchev–Trinajstić information content (AvgIpc) is 2.94. The molecule has 1 aromatic carbocycles. The number of benzene rings is 1. The van der Waals surface area contributed by atoms with E-state index in [4.69, 9.17) is 5.11 Å². The van der Waals surface area contributed by atoms with Crippen LogP contribution in [0.1, 0.15) is 12.0 Å². The SMILES string of the molecule is O=C(O)C1CC12CN(Cc1ccccc1)C2. The lowest BCUT2D eigenvalue weighted by Crippen LogP contribution is -2.49. The zero-order valence-electron chi connectivity index (χ0n) is 9.10. The van der Waals surface area contributed by atoms with Gasteiger partial charge in [0.2, 0.25) is 0 Å². The Balaban J connectivity index is 1.54. The van der Waals surface area contributed by atoms with E-state index in [2.05, 4.69) is 17.0 Å². The largest absolute Gasteiger partial charge is 0.481 e. The van der Waals surface area contributed by atoms with Gasteiger partial charge in [-0.2, -0.15) is 0 Å². The zero-order chi connectivity index (χ0) is 11.2. The lowest BCUT2D eigenvalue weighted by molar-refractivity contribution is -0.140. The molecule has 3 nitrogen and oxygen atoms in total. The van der Waals surface area contributed by atoms with E-state index >= 15 is 0 Å². The van der Waals surface area contributed by atoms with E-state index in [9.17, 15) is 4.79 Å². The van der Waals surface area contributed by atoms with Crippen LogP contribution in [0, 0.1) is 11.3 Å². The van der Waals surface area contributed by atoms with Gasteiger partial charge >= 0.3 is 5.97 Å². The van der Waals surface area contributed by atoms with Crippen LogP contribution in [0.15, 0.2) is 30.3 Å². The van der Waals surface area contributed by atoms with Gasteiger partial charge in [-0.05, 0) is 12.0 Å². The minimum atomic E-state index is -0.612. The first kappa shape index (κ1) is 9.85. The Bertz CT molecular complexity index is 409. The first-order valence-electron chi connectivity index (χ1n) is 5.69. The summed E-state index contributed by atoms with van der Waals surface area (Å²) in [5.74, 6) is -0.682. The molecule has 1 unspecified atom stereocenters. The fourth-order valence-corrected chi connectivity index (χ4v) is 2.84. The number of rotatable bonds is 3. The number of carboxylic acids is 1. The molecule has 0 radical (unpaired) electrons. The molecule has 1 spiro atoms. The molecular formula is C13H15NO2. The molecule has 1 heterocycles. The fourth-order valence-electron chi connectivity index (χ4n) is 2.84. The van der Waals surface area contributed by atoms with E-state index in [0.29, 0.717) is 0 Å². The molecule has 1 aliphatic carbocycles. The molecule has 16 heavy (non-hydrogen) atoms. The highest BCUT2D eigenvalue weighted by atomic mass is 16.4. The van der Waals surface area contributed by atoms with Gasteiger partial charge in [0.05, 0.1) is 5.92 Å². The van der Waals surface area contributed by atoms with Gasteiger partial charge in [-0.15, -0.1) is 0 Å². The maximum atomic E-state index is 10.8. The van der Waals surface area contributed by atoms with E-state index in [1.807, 2.05) is 18.2 Å². The van der Waals surface area contributed by atoms with Crippen molar-refractivity contribution in [1.82, 2.24) is 4.90 Å². The van der Waals surface area contributed by atoms with E-state index in [1.54, 1.807) is 0 Å². The molecule has 2 aliphatic rings. The van der Waals surface area contributed by atoms with Crippen molar-refractivity contribution >= 4 is 5.97 Å². The van der Waals surface area contributed by atoms with Crippen molar-refractivity contribution in [2.24, 2.45) is 11.3 Å². The number of aliphatic carboxylic acids is 1. The van der Waals surface area contributed by atoms with Gasteiger partial charge in [0.15, 0.2) is 0 Å². The third-order valence-electron chi connectivity index (χ3n) is 3.81. The Morgan fingerprint density at radius 2 is 2.06 bits per heavy atom. The lowest BCUT2D eigenvalue weighted by Gasteiger charge is -2.40. The van der Waals surface area contributed by atoms with Crippen molar-refractivity contribution in [3.8, 4) is 0 Å². The van der Waals surface area contributed by atoms with Crippen LogP contribution in [-0.4, -0.2) is 29.1 Å². The highest BCUT2D eigenvalue weighted by molar-refractivity contribution is 5.75. The molecule has 1 aliphatic heterocycles. The molecule has 84 valence electrons. The monoisotopic (exact) mass is 217 g/mol. The molecule has 1 atom stereocenters. The van der Waals surface area contributed by atoms with Crippen molar-refractivity contribution in [3.05, 3.63) is 35.9 Å². The predicted molar refractivity (Wildman–Crippen MR) is 59.9 cm³/mol. The van der Waals surface area contributed by atoms with Gasteiger partial charge in [-0.25, -0.2) is 0 Å². The second kappa shape index (κ2) is 3.32. The van der Waals surface area contributed by atoms with Crippen LogP contribution in [0.4, 0.5) is 0 Å². The van der Waals surface area contributed by atoms with Crippen LogP contribution in [-0.2, 0) is 11.3 Å². The maximum Gasteiger partial charge on any atom is 0.307 e. The van der Waals surface area contributed by atoms with Gasteiger partial charge in [0.1, 0.15) is 0 Å². The summed E-state index contributed by atoms with van der Waals surface area (Å²) in [7, 11) is 0. The number of likely N-dealkylation sites (tertiary alicyclic amines) is 1. The van der Waals surface area contributed by atoms with Gasteiger partial charge < -0.3 is 5.11 Å². The van der Waals surface area contributed by atoms with Crippen LogP contribution >= 0.6 is 0 Å². The third-order valence-corrected chi connectivity index (χ3v) is 3.81. The summed E-state index contributed by atoms with van der Waals surface area (Å²) in [4.78, 5) is 13.1. The highest BCUT2D eigenvalue weighted by Gasteiger charge is 2.64. The molecule has 3 heteroatoms. The van der Waals surface area contributed by atoms with E-state index < -0.39 is 5.97 Å². The molecule has 0 aromatic heterocycles. The second-order valence-electron chi connectivity index (χ2n) is 5.09. The molecule has 1 N–H and O–H groups in total. The first-order chi connectivity index (χ1) is 7.70. The Morgan fingerprint density at radius 3 is 2.62 bits per heavy atom. The van der Waals surface area contributed by atoms with Gasteiger partial charge in [-0.1, -0.05) is 30.3 Å². The van der Waals surface area contributed by atoms with Crippen LogP contribution in [0.5, 0.6) is 0 Å². The van der Waals surface area contributed by atoms with Crippen molar-refractivity contribution in [1.29, 1.82) is 0 Å². The molecule has 0 bridgehead atoms. The topological polar surface area (TPSA) is 40.5 Å². The summed E-state index contributed by atoms with van der Waals surface area (Å²) in [6.07, 6.45) is 0.883. The number of hydrogen-bond donors (Lipinski definition) is 1. The smallest absolute Gasteiger partial charge is 0.307 e. The molecule has 3 rings (SSSR count). The molecule has 0 amide bonds. The average molecular weight is 217 g/mol. The predicted octanol–water partition coefficient (Wildman–Crippen LogP) is 1.59. The number of hydrogen-bond acceptors (Lipinski definition) is 2. The Labute approximate surface area is 94.7 Å². The summed E-state index contributed by atoms with van der Waals surface area (Å²) in [5.41, 5.74) is 1.45. The van der Waals surface area contributed by atoms with Crippen LogP contribution in [0.25, 0.3) is 0 Å². The summed E-state index contributed by atoms with van der Waals surface area (Å²) < 4.78 is 0. The normalized spacial score (nSPS) is 26.4. The fraction of sp³-hybridized carbons (Fsp3) is 0.462. The standard InChI is InChI=1S/C13H15NO2/c15-12(16)11-6-13(11)8-14(9-13)7-10-4-2-1-3-5-10/h1-5,11H,6-9H2,(H,15,16). The minimum absolute atomic E-state index is 0.0699. The van der Waals surface area contributed by atoms with Crippen LogP contribution < -0.4 is 0 Å². The third kappa shape index (κ3) is 1.52. The maximum absolute atomic E-state index is 10.8. The van der Waals surface area contributed by atoms with E-state index in [0.717, 1.165) is 26.1 Å². The Kier molecular flexibility index (Phi) is 2.04. The minimum Gasteiger partial charge on any atom is -0.481 e. The summed E-state index contributed by atoms with van der Waals surface area (Å²) >= 11 is 0. The summed E-state index contributed by atoms with van der Waals surface area (Å²) in [5, 5.41) is 8.91. The molecule has 1 aromatic rings. The Morgan fingerprint density at radius 1 is 1.38 bits per heavy atom. The van der Waals surface area contributed by atoms with E-state index in [1.165, 1.54) is 5.56 Å². The lowest BCUT2D eigenvalue weighted by atomic mass is 9.93. The molecular weight excluding hydrogens is 202 g/mol. The molecule has 2 fully saturated rings. The van der Waals surface area contributed by atoms with Crippen molar-refractivity contribution in [3.63, 3.8) is 0 Å². The van der Waals surface area contributed by atoms with Gasteiger partial charge in [-0.3, -0.25) is 9.69 Å². The number of nitrogens with zero attached hydrogens (tertiary/aromatic N) is 1. The van der Waals surface area contributed by atoms with Crippen LogP contribution in [0.2, 0.25) is 0 Å². The first-order valence-corrected chi connectivity index (χ1v) is 5.69. The highest BCUT2D eigenvalue weighted by Crippen LogP contribution is 2.58. The van der Waals surface area contributed by atoms with Crippen LogP contribution in [0.3, 0.4) is 0 Å².